The van der Waals surface area contributed by atoms with E-state index in [1.165, 1.54) is 0 Å². The third kappa shape index (κ3) is 6.32. The van der Waals surface area contributed by atoms with Crippen molar-refractivity contribution >= 4 is 11.8 Å². The molecule has 1 aliphatic rings. The Morgan fingerprint density at radius 2 is 2.03 bits per heavy atom. The van der Waals surface area contributed by atoms with Gasteiger partial charge in [0.25, 0.3) is 11.8 Å². The van der Waals surface area contributed by atoms with Crippen molar-refractivity contribution < 1.29 is 18.7 Å². The van der Waals surface area contributed by atoms with Crippen LogP contribution in [0.15, 0.2) is 59.7 Å². The van der Waals surface area contributed by atoms with Crippen LogP contribution in [-0.2, 0) is 22.6 Å². The molecule has 29 heavy (non-hydrogen) atoms. The maximum atomic E-state index is 12.9. The molecule has 0 saturated heterocycles. The number of amides is 2. The zero-order valence-electron chi connectivity index (χ0n) is 16.8. The zero-order valence-corrected chi connectivity index (χ0v) is 16.8. The van der Waals surface area contributed by atoms with Crippen LogP contribution in [0.2, 0.25) is 0 Å². The van der Waals surface area contributed by atoms with Crippen molar-refractivity contribution in [3.05, 3.63) is 72.2 Å². The highest BCUT2D eigenvalue weighted by atomic mass is 16.5. The van der Waals surface area contributed by atoms with Gasteiger partial charge in [0.15, 0.2) is 0 Å². The molecule has 1 unspecified atom stereocenters. The van der Waals surface area contributed by atoms with Crippen molar-refractivity contribution in [2.75, 3.05) is 6.61 Å². The van der Waals surface area contributed by atoms with Gasteiger partial charge in [0.2, 0.25) is 0 Å². The first kappa shape index (κ1) is 20.9. The predicted octanol–water partition coefficient (Wildman–Crippen LogP) is 3.68. The average Bonchev–Trinajstić information content (AvgIpc) is 3.39. The fourth-order valence-electron chi connectivity index (χ4n) is 2.94. The fourth-order valence-corrected chi connectivity index (χ4v) is 2.94. The van der Waals surface area contributed by atoms with E-state index in [2.05, 4.69) is 11.9 Å². The lowest BCUT2D eigenvalue weighted by atomic mass is 10.1. The molecule has 154 valence electrons. The number of ether oxygens (including phenoxy) is 1. The van der Waals surface area contributed by atoms with Crippen molar-refractivity contribution in [3.8, 4) is 0 Å². The third-order valence-corrected chi connectivity index (χ3v) is 4.78. The number of hydrogen-bond acceptors (Lipinski definition) is 4. The van der Waals surface area contributed by atoms with Gasteiger partial charge in [-0.15, -0.1) is 6.58 Å². The highest BCUT2D eigenvalue weighted by Gasteiger charge is 2.24. The molecule has 0 radical (unpaired) electrons. The number of carbonyl (C=O) groups excluding carboxylic acids is 2. The van der Waals surface area contributed by atoms with Crippen LogP contribution in [0, 0.1) is 0 Å². The van der Waals surface area contributed by atoms with E-state index < -0.39 is 6.10 Å². The van der Waals surface area contributed by atoms with E-state index in [1.54, 1.807) is 42.4 Å². The van der Waals surface area contributed by atoms with Crippen LogP contribution < -0.4 is 5.32 Å². The smallest absolute Gasteiger partial charge is 0.252 e. The number of rotatable bonds is 11. The molecule has 1 N–H and O–H groups in total. The van der Waals surface area contributed by atoms with Crippen LogP contribution in [0.4, 0.5) is 0 Å². The summed E-state index contributed by atoms with van der Waals surface area (Å²) in [6.45, 7) is 6.63. The normalized spacial score (nSPS) is 14.2. The molecule has 0 bridgehead atoms. The molecular formula is C23H28N2O4. The highest BCUT2D eigenvalue weighted by Crippen LogP contribution is 2.20. The molecule has 6 nitrogen and oxygen atoms in total. The zero-order chi connectivity index (χ0) is 20.6. The maximum Gasteiger partial charge on any atom is 0.252 e. The van der Waals surface area contributed by atoms with Gasteiger partial charge in [0.05, 0.1) is 19.4 Å². The molecule has 1 saturated carbocycles. The van der Waals surface area contributed by atoms with Crippen LogP contribution >= 0.6 is 0 Å². The molecule has 1 atom stereocenters. The van der Waals surface area contributed by atoms with Crippen molar-refractivity contribution in [2.45, 2.75) is 51.4 Å². The van der Waals surface area contributed by atoms with Crippen molar-refractivity contribution in [3.63, 3.8) is 0 Å². The van der Waals surface area contributed by atoms with Gasteiger partial charge in [-0.2, -0.15) is 0 Å². The van der Waals surface area contributed by atoms with Gasteiger partial charge in [0.1, 0.15) is 11.9 Å². The molecule has 3 rings (SSSR count). The Labute approximate surface area is 171 Å². The number of benzene rings is 1. The van der Waals surface area contributed by atoms with Gasteiger partial charge < -0.3 is 19.4 Å². The van der Waals surface area contributed by atoms with Crippen LogP contribution in [0.25, 0.3) is 0 Å². The van der Waals surface area contributed by atoms with E-state index in [9.17, 15) is 9.59 Å². The van der Waals surface area contributed by atoms with E-state index in [4.69, 9.17) is 9.15 Å². The van der Waals surface area contributed by atoms with Crippen LogP contribution in [0.5, 0.6) is 0 Å². The average molecular weight is 396 g/mol. The first-order chi connectivity index (χ1) is 14.1. The number of hydrogen-bond donors (Lipinski definition) is 1. The largest absolute Gasteiger partial charge is 0.467 e. The van der Waals surface area contributed by atoms with Crippen molar-refractivity contribution in [1.29, 1.82) is 0 Å². The molecule has 2 aromatic rings. The number of carbonyl (C=O) groups is 2. The van der Waals surface area contributed by atoms with Gasteiger partial charge in [-0.05, 0) is 56.0 Å². The number of nitrogens with zero attached hydrogens (tertiary/aromatic N) is 1. The molecule has 1 fully saturated rings. The van der Waals surface area contributed by atoms with E-state index in [0.717, 1.165) is 18.4 Å². The second-order valence-corrected chi connectivity index (χ2v) is 7.31. The second-order valence-electron chi connectivity index (χ2n) is 7.31. The lowest BCUT2D eigenvalue weighted by Gasteiger charge is -2.25. The van der Waals surface area contributed by atoms with Gasteiger partial charge >= 0.3 is 0 Å². The molecule has 1 heterocycles. The van der Waals surface area contributed by atoms with Crippen LogP contribution in [0.1, 0.15) is 47.9 Å². The Kier molecular flexibility index (Phi) is 7.25. The van der Waals surface area contributed by atoms with Gasteiger partial charge in [-0.25, -0.2) is 0 Å². The summed E-state index contributed by atoms with van der Waals surface area (Å²) in [5, 5.41) is 2.98. The molecule has 0 aliphatic heterocycles. The summed E-state index contributed by atoms with van der Waals surface area (Å²) in [7, 11) is 0. The van der Waals surface area contributed by atoms with E-state index in [-0.39, 0.29) is 11.8 Å². The molecule has 1 aromatic heterocycles. The molecular weight excluding hydrogens is 368 g/mol. The van der Waals surface area contributed by atoms with E-state index in [1.807, 2.05) is 18.2 Å². The summed E-state index contributed by atoms with van der Waals surface area (Å²) in [6, 6.07) is 11.3. The molecule has 1 aromatic carbocycles. The third-order valence-electron chi connectivity index (χ3n) is 4.78. The molecule has 2 amide bonds. The Morgan fingerprint density at radius 1 is 1.28 bits per heavy atom. The monoisotopic (exact) mass is 396 g/mol. The summed E-state index contributed by atoms with van der Waals surface area (Å²) in [6.07, 6.45) is 5.60. The fraction of sp³-hybridized carbons (Fsp3) is 0.391. The topological polar surface area (TPSA) is 71.8 Å². The van der Waals surface area contributed by atoms with Gasteiger partial charge in [-0.3, -0.25) is 9.59 Å². The summed E-state index contributed by atoms with van der Waals surface area (Å²) >= 11 is 0. The van der Waals surface area contributed by atoms with E-state index >= 15 is 0 Å². The maximum absolute atomic E-state index is 12.9. The Bertz CT molecular complexity index is 810. The van der Waals surface area contributed by atoms with Crippen LogP contribution in [0.3, 0.4) is 0 Å². The standard InChI is InChI=1S/C23H28N2O4/c1-3-4-13-28-17(2)23(27)25(16-21-6-5-14-29-21)15-18-7-9-19(10-8-18)22(26)24-20-11-12-20/h3,5-10,14,17,20H,1,4,11-13,15-16H2,2H3,(H,24,26). The number of nitrogens with one attached hydrogen (secondary N) is 1. The lowest BCUT2D eigenvalue weighted by Crippen LogP contribution is -2.38. The second kappa shape index (κ2) is 10.1. The summed E-state index contributed by atoms with van der Waals surface area (Å²) in [4.78, 5) is 26.8. The minimum atomic E-state index is -0.562. The SMILES string of the molecule is C=CCCOC(C)C(=O)N(Cc1ccc(C(=O)NC2CC2)cc1)Cc1ccco1. The summed E-state index contributed by atoms with van der Waals surface area (Å²) < 4.78 is 11.1. The molecule has 1 aliphatic carbocycles. The quantitative estimate of drug-likeness (QED) is 0.465. The first-order valence-corrected chi connectivity index (χ1v) is 10.0. The first-order valence-electron chi connectivity index (χ1n) is 10.0. The molecule has 0 spiro atoms. The Morgan fingerprint density at radius 3 is 2.66 bits per heavy atom. The Balaban J connectivity index is 1.65. The van der Waals surface area contributed by atoms with Gasteiger partial charge in [0, 0.05) is 18.2 Å². The number of furan rings is 1. The van der Waals surface area contributed by atoms with Crippen LogP contribution in [-0.4, -0.2) is 35.5 Å². The minimum Gasteiger partial charge on any atom is -0.467 e. The highest BCUT2D eigenvalue weighted by molar-refractivity contribution is 5.94. The minimum absolute atomic E-state index is 0.0493. The summed E-state index contributed by atoms with van der Waals surface area (Å²) in [5.74, 6) is 0.546. The predicted molar refractivity (Wildman–Crippen MR) is 110 cm³/mol. The Hall–Kier alpha value is -2.86. The lowest BCUT2D eigenvalue weighted by molar-refractivity contribution is -0.144. The van der Waals surface area contributed by atoms with Crippen molar-refractivity contribution in [2.24, 2.45) is 0 Å². The van der Waals surface area contributed by atoms with Gasteiger partial charge in [-0.1, -0.05) is 18.2 Å². The van der Waals surface area contributed by atoms with E-state index in [0.29, 0.717) is 43.5 Å². The molecule has 6 heteroatoms. The summed E-state index contributed by atoms with van der Waals surface area (Å²) in [5.41, 5.74) is 1.57. The van der Waals surface area contributed by atoms with Crippen molar-refractivity contribution in [1.82, 2.24) is 10.2 Å².